The Labute approximate surface area is 121 Å². The van der Waals surface area contributed by atoms with E-state index in [0.29, 0.717) is 10.4 Å². The fraction of sp³-hybridized carbons (Fsp3) is 0.333. The zero-order valence-corrected chi connectivity index (χ0v) is 12.7. The monoisotopic (exact) mass is 320 g/mol. The predicted molar refractivity (Wildman–Crippen MR) is 81.7 cm³/mol. The van der Waals surface area contributed by atoms with Gasteiger partial charge in [-0.3, -0.25) is 9.78 Å². The first-order chi connectivity index (χ1) is 9.08. The van der Waals surface area contributed by atoms with Gasteiger partial charge in [0.05, 0.1) is 5.52 Å². The molecule has 0 fully saturated rings. The Bertz CT molecular complexity index is 583. The summed E-state index contributed by atoms with van der Waals surface area (Å²) in [5.41, 5.74) is 1.63. The molecule has 0 aliphatic heterocycles. The second-order valence-corrected chi connectivity index (χ2v) is 6.27. The molecule has 2 aromatic rings. The third-order valence-electron chi connectivity index (χ3n) is 3.06. The van der Waals surface area contributed by atoms with Gasteiger partial charge in [-0.1, -0.05) is 28.9 Å². The van der Waals surface area contributed by atoms with Crippen molar-refractivity contribution in [2.45, 2.75) is 18.2 Å². The Morgan fingerprint density at radius 2 is 2.21 bits per heavy atom. The summed E-state index contributed by atoms with van der Waals surface area (Å²) in [5, 5.41) is 0.996. The van der Waals surface area contributed by atoms with E-state index in [-0.39, 0.29) is 5.91 Å². The molecule has 3 nitrogen and oxygen atoms in total. The number of nitrogens with zero attached hydrogens (tertiary/aromatic N) is 2. The molecule has 4 heteroatoms. The number of carbonyl (C=O) groups excluding carboxylic acids is 1. The first kappa shape index (κ1) is 14.0. The third kappa shape index (κ3) is 3.53. The number of hydrogen-bond donors (Lipinski definition) is 0. The third-order valence-corrected chi connectivity index (χ3v) is 3.52. The van der Waals surface area contributed by atoms with E-state index in [1.807, 2.05) is 37.4 Å². The average molecular weight is 321 g/mol. The molecule has 100 valence electrons. The molecular formula is C15H17BrN2O. The van der Waals surface area contributed by atoms with Gasteiger partial charge in [0.1, 0.15) is 0 Å². The summed E-state index contributed by atoms with van der Waals surface area (Å²) in [7, 11) is 1.84. The first-order valence-electron chi connectivity index (χ1n) is 6.32. The van der Waals surface area contributed by atoms with Crippen LogP contribution in [0.2, 0.25) is 0 Å². The van der Waals surface area contributed by atoms with Crippen molar-refractivity contribution in [1.29, 1.82) is 0 Å². The lowest BCUT2D eigenvalue weighted by atomic mass is 10.1. The fourth-order valence-corrected chi connectivity index (χ4v) is 2.11. The van der Waals surface area contributed by atoms with Crippen LogP contribution in [-0.2, 0) is 0 Å². The quantitative estimate of drug-likeness (QED) is 0.808. The lowest BCUT2D eigenvalue weighted by Crippen LogP contribution is -2.28. The van der Waals surface area contributed by atoms with Crippen LogP contribution >= 0.6 is 15.9 Å². The van der Waals surface area contributed by atoms with Gasteiger partial charge in [0, 0.05) is 35.6 Å². The van der Waals surface area contributed by atoms with E-state index in [4.69, 9.17) is 0 Å². The second kappa shape index (κ2) is 6.15. The van der Waals surface area contributed by atoms with Crippen molar-refractivity contribution in [2.24, 2.45) is 0 Å². The lowest BCUT2D eigenvalue weighted by Gasteiger charge is -2.18. The van der Waals surface area contributed by atoms with Gasteiger partial charge in [0.15, 0.2) is 0 Å². The standard InChI is InChI=1S/C15H17BrN2O/c1-11(16)7-9-18(2)15(19)13-5-6-14-12(10-13)4-3-8-17-14/h3-6,8,10-11H,7,9H2,1-2H3. The number of amides is 1. The molecule has 1 aromatic carbocycles. The number of benzene rings is 1. The van der Waals surface area contributed by atoms with Crippen molar-refractivity contribution in [3.05, 3.63) is 42.1 Å². The Hall–Kier alpha value is -1.42. The highest BCUT2D eigenvalue weighted by atomic mass is 79.9. The molecule has 1 aromatic heterocycles. The van der Waals surface area contributed by atoms with Crippen LogP contribution in [0.15, 0.2) is 36.5 Å². The van der Waals surface area contributed by atoms with Crippen LogP contribution in [-0.4, -0.2) is 34.2 Å². The zero-order chi connectivity index (χ0) is 13.8. The molecule has 0 bridgehead atoms. The number of carbonyl (C=O) groups is 1. The summed E-state index contributed by atoms with van der Waals surface area (Å²) < 4.78 is 0. The number of pyridine rings is 1. The molecule has 0 spiro atoms. The van der Waals surface area contributed by atoms with Crippen LogP contribution in [0.1, 0.15) is 23.7 Å². The van der Waals surface area contributed by atoms with E-state index in [2.05, 4.69) is 27.8 Å². The molecule has 1 amide bonds. The van der Waals surface area contributed by atoms with Crippen LogP contribution in [0, 0.1) is 0 Å². The Kier molecular flexibility index (Phi) is 4.53. The van der Waals surface area contributed by atoms with Gasteiger partial charge in [-0.2, -0.15) is 0 Å². The highest BCUT2D eigenvalue weighted by molar-refractivity contribution is 9.09. The maximum Gasteiger partial charge on any atom is 0.253 e. The molecule has 0 aliphatic rings. The number of hydrogen-bond acceptors (Lipinski definition) is 2. The Morgan fingerprint density at radius 3 is 2.95 bits per heavy atom. The van der Waals surface area contributed by atoms with Gasteiger partial charge in [-0.15, -0.1) is 0 Å². The van der Waals surface area contributed by atoms with Gasteiger partial charge in [0.25, 0.3) is 5.91 Å². The second-order valence-electron chi connectivity index (χ2n) is 4.71. The van der Waals surface area contributed by atoms with Crippen molar-refractivity contribution in [1.82, 2.24) is 9.88 Å². The van der Waals surface area contributed by atoms with Gasteiger partial charge < -0.3 is 4.90 Å². The van der Waals surface area contributed by atoms with Crippen LogP contribution < -0.4 is 0 Å². The van der Waals surface area contributed by atoms with Crippen LogP contribution in [0.5, 0.6) is 0 Å². The maximum absolute atomic E-state index is 12.3. The molecule has 0 saturated carbocycles. The zero-order valence-electron chi connectivity index (χ0n) is 11.1. The van der Waals surface area contributed by atoms with Crippen LogP contribution in [0.4, 0.5) is 0 Å². The first-order valence-corrected chi connectivity index (χ1v) is 7.24. The number of halogens is 1. The van der Waals surface area contributed by atoms with Crippen molar-refractivity contribution in [3.8, 4) is 0 Å². The van der Waals surface area contributed by atoms with Crippen molar-refractivity contribution in [3.63, 3.8) is 0 Å². The highest BCUT2D eigenvalue weighted by Crippen LogP contribution is 2.15. The minimum atomic E-state index is 0.0545. The van der Waals surface area contributed by atoms with Gasteiger partial charge in [-0.25, -0.2) is 0 Å². The predicted octanol–water partition coefficient (Wildman–Crippen LogP) is 3.48. The molecule has 0 N–H and O–H groups in total. The smallest absolute Gasteiger partial charge is 0.253 e. The molecule has 19 heavy (non-hydrogen) atoms. The van der Waals surface area contributed by atoms with Crippen molar-refractivity contribution >= 4 is 32.7 Å². The van der Waals surface area contributed by atoms with Gasteiger partial charge in [-0.05, 0) is 30.7 Å². The van der Waals surface area contributed by atoms with E-state index >= 15 is 0 Å². The van der Waals surface area contributed by atoms with E-state index in [1.54, 1.807) is 11.1 Å². The summed E-state index contributed by atoms with van der Waals surface area (Å²) in [5.74, 6) is 0.0545. The molecule has 0 saturated heterocycles. The van der Waals surface area contributed by atoms with Crippen LogP contribution in [0.25, 0.3) is 10.9 Å². The normalized spacial score (nSPS) is 12.4. The number of aromatic nitrogens is 1. The lowest BCUT2D eigenvalue weighted by molar-refractivity contribution is 0.0794. The number of rotatable bonds is 4. The maximum atomic E-state index is 12.3. The topological polar surface area (TPSA) is 33.2 Å². The van der Waals surface area contributed by atoms with E-state index in [9.17, 15) is 4.79 Å². The summed E-state index contributed by atoms with van der Waals surface area (Å²) in [6.07, 6.45) is 2.70. The molecule has 1 atom stereocenters. The molecule has 0 radical (unpaired) electrons. The molecule has 2 rings (SSSR count). The molecule has 1 heterocycles. The molecular weight excluding hydrogens is 304 g/mol. The van der Waals surface area contributed by atoms with E-state index in [0.717, 1.165) is 23.9 Å². The summed E-state index contributed by atoms with van der Waals surface area (Å²) in [4.78, 5) is 18.7. The fourth-order valence-electron chi connectivity index (χ4n) is 1.90. The van der Waals surface area contributed by atoms with Crippen molar-refractivity contribution in [2.75, 3.05) is 13.6 Å². The molecule has 1 unspecified atom stereocenters. The van der Waals surface area contributed by atoms with Crippen molar-refractivity contribution < 1.29 is 4.79 Å². The van der Waals surface area contributed by atoms with E-state index in [1.165, 1.54) is 0 Å². The van der Waals surface area contributed by atoms with Gasteiger partial charge in [0.2, 0.25) is 0 Å². The highest BCUT2D eigenvalue weighted by Gasteiger charge is 2.12. The summed E-state index contributed by atoms with van der Waals surface area (Å²) in [6, 6.07) is 9.49. The largest absolute Gasteiger partial charge is 0.342 e. The van der Waals surface area contributed by atoms with Crippen LogP contribution in [0.3, 0.4) is 0 Å². The molecule has 0 aliphatic carbocycles. The SMILES string of the molecule is CC(Br)CCN(C)C(=O)c1ccc2ncccc2c1. The summed E-state index contributed by atoms with van der Waals surface area (Å²) >= 11 is 3.49. The Morgan fingerprint density at radius 1 is 1.42 bits per heavy atom. The average Bonchev–Trinajstić information content (AvgIpc) is 2.43. The minimum absolute atomic E-state index is 0.0545. The summed E-state index contributed by atoms with van der Waals surface area (Å²) in [6.45, 7) is 2.83. The number of alkyl halides is 1. The minimum Gasteiger partial charge on any atom is -0.342 e. The van der Waals surface area contributed by atoms with Gasteiger partial charge >= 0.3 is 0 Å². The Balaban J connectivity index is 2.16. The number of fused-ring (bicyclic) bond motifs is 1. The van der Waals surface area contributed by atoms with E-state index < -0.39 is 0 Å².